The number of rotatable bonds is 7. The van der Waals surface area contributed by atoms with Gasteiger partial charge in [0.1, 0.15) is 11.6 Å². The first-order valence-electron chi connectivity index (χ1n) is 6.26. The van der Waals surface area contributed by atoms with Crippen LogP contribution in [0.3, 0.4) is 0 Å². The topological polar surface area (TPSA) is 75.6 Å². The highest BCUT2D eigenvalue weighted by molar-refractivity contribution is 5.79. The summed E-state index contributed by atoms with van der Waals surface area (Å²) in [6, 6.07) is -0.924. The molecule has 108 valence electrons. The molecule has 1 atom stereocenters. The minimum Gasteiger partial charge on any atom is -0.480 e. The standard InChI is InChI=1S/C14H23NO4/c1-5-6-7-8-9-10-11(12(16)17)15-13(18)19-14(2,3)4/h5-7,11H,1,8-10H2,2-4H3,(H,15,18)(H,16,17). The molecule has 0 aliphatic carbocycles. The molecule has 1 amide bonds. The zero-order valence-corrected chi connectivity index (χ0v) is 11.8. The Balaban J connectivity index is 4.19. The highest BCUT2D eigenvalue weighted by Gasteiger charge is 2.23. The van der Waals surface area contributed by atoms with Crippen molar-refractivity contribution in [3.63, 3.8) is 0 Å². The van der Waals surface area contributed by atoms with Crippen molar-refractivity contribution in [2.45, 2.75) is 51.7 Å². The van der Waals surface area contributed by atoms with Crippen molar-refractivity contribution < 1.29 is 19.4 Å². The van der Waals surface area contributed by atoms with Gasteiger partial charge in [0.15, 0.2) is 0 Å². The molecular formula is C14H23NO4. The van der Waals surface area contributed by atoms with Gasteiger partial charge >= 0.3 is 12.1 Å². The highest BCUT2D eigenvalue weighted by atomic mass is 16.6. The second kappa shape index (κ2) is 8.34. The summed E-state index contributed by atoms with van der Waals surface area (Å²) in [5.41, 5.74) is -0.639. The van der Waals surface area contributed by atoms with Gasteiger partial charge < -0.3 is 15.2 Å². The maximum Gasteiger partial charge on any atom is 0.408 e. The van der Waals surface area contributed by atoms with E-state index in [1.165, 1.54) is 0 Å². The third kappa shape index (κ3) is 9.88. The molecule has 0 spiro atoms. The molecule has 5 heteroatoms. The van der Waals surface area contributed by atoms with Gasteiger partial charge in [0, 0.05) is 0 Å². The number of alkyl carbamates (subject to hydrolysis) is 1. The Morgan fingerprint density at radius 3 is 2.53 bits per heavy atom. The maximum atomic E-state index is 11.5. The van der Waals surface area contributed by atoms with Crippen LogP contribution in [0.15, 0.2) is 24.8 Å². The van der Waals surface area contributed by atoms with E-state index >= 15 is 0 Å². The number of ether oxygens (including phenoxy) is 1. The molecule has 1 unspecified atom stereocenters. The van der Waals surface area contributed by atoms with Crippen molar-refractivity contribution in [2.75, 3.05) is 0 Å². The van der Waals surface area contributed by atoms with Crippen molar-refractivity contribution in [1.29, 1.82) is 0 Å². The lowest BCUT2D eigenvalue weighted by Gasteiger charge is -2.21. The molecule has 0 radical (unpaired) electrons. The van der Waals surface area contributed by atoms with E-state index in [1.807, 2.05) is 6.08 Å². The van der Waals surface area contributed by atoms with Gasteiger partial charge in [-0.25, -0.2) is 9.59 Å². The Kier molecular flexibility index (Phi) is 7.56. The quantitative estimate of drug-likeness (QED) is 0.550. The van der Waals surface area contributed by atoms with Crippen LogP contribution in [-0.2, 0) is 9.53 Å². The molecule has 0 bridgehead atoms. The van der Waals surface area contributed by atoms with Crippen molar-refractivity contribution in [3.05, 3.63) is 24.8 Å². The number of hydrogen-bond donors (Lipinski definition) is 2. The summed E-state index contributed by atoms with van der Waals surface area (Å²) in [5.74, 6) is -1.06. The van der Waals surface area contributed by atoms with E-state index in [0.717, 1.165) is 6.42 Å². The maximum absolute atomic E-state index is 11.5. The van der Waals surface area contributed by atoms with E-state index in [2.05, 4.69) is 11.9 Å². The smallest absolute Gasteiger partial charge is 0.408 e. The van der Waals surface area contributed by atoms with Crippen LogP contribution in [0.2, 0.25) is 0 Å². The summed E-state index contributed by atoms with van der Waals surface area (Å²) in [6.45, 7) is 8.71. The zero-order chi connectivity index (χ0) is 14.9. The summed E-state index contributed by atoms with van der Waals surface area (Å²) in [7, 11) is 0. The highest BCUT2D eigenvalue weighted by Crippen LogP contribution is 2.08. The van der Waals surface area contributed by atoms with Crippen molar-refractivity contribution >= 4 is 12.1 Å². The first kappa shape index (κ1) is 17.2. The lowest BCUT2D eigenvalue weighted by Crippen LogP contribution is -2.43. The number of carboxylic acids is 1. The van der Waals surface area contributed by atoms with Crippen molar-refractivity contribution in [1.82, 2.24) is 5.32 Å². The van der Waals surface area contributed by atoms with Crippen LogP contribution in [0.25, 0.3) is 0 Å². The number of carbonyl (C=O) groups excluding carboxylic acids is 1. The Morgan fingerprint density at radius 2 is 2.05 bits per heavy atom. The Hall–Kier alpha value is -1.78. The molecular weight excluding hydrogens is 246 g/mol. The molecule has 0 rings (SSSR count). The fraction of sp³-hybridized carbons (Fsp3) is 0.571. The summed E-state index contributed by atoms with van der Waals surface area (Å²) < 4.78 is 5.02. The van der Waals surface area contributed by atoms with E-state index in [4.69, 9.17) is 9.84 Å². The van der Waals surface area contributed by atoms with Crippen LogP contribution >= 0.6 is 0 Å². The van der Waals surface area contributed by atoms with E-state index in [0.29, 0.717) is 12.8 Å². The monoisotopic (exact) mass is 269 g/mol. The minimum atomic E-state index is -1.06. The van der Waals surface area contributed by atoms with Crippen LogP contribution in [0.1, 0.15) is 40.0 Å². The second-order valence-corrected chi connectivity index (χ2v) is 5.13. The lowest BCUT2D eigenvalue weighted by atomic mass is 10.1. The van der Waals surface area contributed by atoms with Gasteiger partial charge in [-0.3, -0.25) is 0 Å². The fourth-order valence-corrected chi connectivity index (χ4v) is 1.34. The van der Waals surface area contributed by atoms with Crippen LogP contribution in [-0.4, -0.2) is 28.8 Å². The van der Waals surface area contributed by atoms with Crippen LogP contribution in [0, 0.1) is 0 Å². The molecule has 0 aromatic carbocycles. The van der Waals surface area contributed by atoms with E-state index in [1.54, 1.807) is 32.9 Å². The summed E-state index contributed by atoms with van der Waals surface area (Å²) >= 11 is 0. The molecule has 2 N–H and O–H groups in total. The van der Waals surface area contributed by atoms with Gasteiger partial charge in [-0.05, 0) is 40.0 Å². The molecule has 0 aliphatic heterocycles. The second-order valence-electron chi connectivity index (χ2n) is 5.13. The molecule has 0 fully saturated rings. The number of aliphatic carboxylic acids is 1. The predicted octanol–water partition coefficient (Wildman–Crippen LogP) is 2.88. The van der Waals surface area contributed by atoms with Crippen LogP contribution in [0.4, 0.5) is 4.79 Å². The fourth-order valence-electron chi connectivity index (χ4n) is 1.34. The van der Waals surface area contributed by atoms with Gasteiger partial charge in [-0.15, -0.1) is 0 Å². The average molecular weight is 269 g/mol. The third-order valence-electron chi connectivity index (χ3n) is 2.12. The summed E-state index contributed by atoms with van der Waals surface area (Å²) in [5, 5.41) is 11.4. The molecule has 0 saturated carbocycles. The number of allylic oxidation sites excluding steroid dienone is 3. The molecule has 0 aromatic rings. The number of carboxylic acid groups (broad SMARTS) is 1. The van der Waals surface area contributed by atoms with Gasteiger partial charge in [0.2, 0.25) is 0 Å². The number of hydrogen-bond acceptors (Lipinski definition) is 3. The normalized spacial score (nSPS) is 13.0. The Morgan fingerprint density at radius 1 is 1.42 bits per heavy atom. The van der Waals surface area contributed by atoms with Gasteiger partial charge in [-0.1, -0.05) is 24.8 Å². The number of nitrogens with one attached hydrogen (secondary N) is 1. The molecule has 5 nitrogen and oxygen atoms in total. The van der Waals surface area contributed by atoms with Crippen LogP contribution < -0.4 is 5.32 Å². The first-order chi connectivity index (χ1) is 8.76. The molecule has 0 aliphatic rings. The molecule has 0 aromatic heterocycles. The van der Waals surface area contributed by atoms with Crippen LogP contribution in [0.5, 0.6) is 0 Å². The van der Waals surface area contributed by atoms with Gasteiger partial charge in [-0.2, -0.15) is 0 Å². The molecule has 19 heavy (non-hydrogen) atoms. The van der Waals surface area contributed by atoms with Crippen molar-refractivity contribution in [3.8, 4) is 0 Å². The molecule has 0 heterocycles. The predicted molar refractivity (Wildman–Crippen MR) is 74.0 cm³/mol. The first-order valence-corrected chi connectivity index (χ1v) is 6.26. The number of carbonyl (C=O) groups is 2. The Labute approximate surface area is 114 Å². The van der Waals surface area contributed by atoms with Crippen molar-refractivity contribution in [2.24, 2.45) is 0 Å². The van der Waals surface area contributed by atoms with Gasteiger partial charge in [0.05, 0.1) is 0 Å². The molecule has 0 saturated heterocycles. The summed E-state index contributed by atoms with van der Waals surface area (Å²) in [6.07, 6.45) is 6.42. The lowest BCUT2D eigenvalue weighted by molar-refractivity contribution is -0.139. The van der Waals surface area contributed by atoms with Gasteiger partial charge in [0.25, 0.3) is 0 Å². The van der Waals surface area contributed by atoms with E-state index in [-0.39, 0.29) is 0 Å². The SMILES string of the molecule is C=CC=CCCCC(NC(=O)OC(C)(C)C)C(=O)O. The minimum absolute atomic E-state index is 0.357. The zero-order valence-electron chi connectivity index (χ0n) is 11.8. The van der Waals surface area contributed by atoms with E-state index < -0.39 is 23.7 Å². The summed E-state index contributed by atoms with van der Waals surface area (Å²) in [4.78, 5) is 22.5. The Bertz CT molecular complexity index is 342. The third-order valence-corrected chi connectivity index (χ3v) is 2.12. The number of unbranched alkanes of at least 4 members (excludes halogenated alkanes) is 1. The number of amides is 1. The largest absolute Gasteiger partial charge is 0.480 e. The average Bonchev–Trinajstić information content (AvgIpc) is 2.24. The van der Waals surface area contributed by atoms with E-state index in [9.17, 15) is 9.59 Å².